The van der Waals surface area contributed by atoms with Gasteiger partial charge in [-0.2, -0.15) is 0 Å². The Morgan fingerprint density at radius 2 is 2.17 bits per heavy atom. The highest BCUT2D eigenvalue weighted by atomic mass is 35.5. The lowest BCUT2D eigenvalue weighted by Crippen LogP contribution is -2.11. The zero-order valence-electron chi connectivity index (χ0n) is 9.86. The second-order valence-corrected chi connectivity index (χ2v) is 4.66. The maximum atomic E-state index is 12.3. The van der Waals surface area contributed by atoms with Gasteiger partial charge in [0.1, 0.15) is 0 Å². The van der Waals surface area contributed by atoms with E-state index >= 15 is 0 Å². The van der Waals surface area contributed by atoms with Gasteiger partial charge < -0.3 is 4.57 Å². The molecule has 1 heterocycles. The SMILES string of the molecule is CCCn1ccnc1C(=O)c1cccc(Cl)c1Cl. The zero-order valence-corrected chi connectivity index (χ0v) is 11.4. The normalized spacial score (nSPS) is 10.6. The van der Waals surface area contributed by atoms with Crippen LogP contribution in [0.15, 0.2) is 30.6 Å². The molecule has 0 atom stereocenters. The van der Waals surface area contributed by atoms with Crippen LogP contribution in [0.3, 0.4) is 0 Å². The molecule has 0 saturated heterocycles. The lowest BCUT2D eigenvalue weighted by molar-refractivity contribution is 0.102. The summed E-state index contributed by atoms with van der Waals surface area (Å²) >= 11 is 12.0. The summed E-state index contributed by atoms with van der Waals surface area (Å²) in [7, 11) is 0. The van der Waals surface area contributed by atoms with E-state index in [1.165, 1.54) is 0 Å². The molecule has 2 rings (SSSR count). The molecule has 0 radical (unpaired) electrons. The van der Waals surface area contributed by atoms with Crippen molar-refractivity contribution in [2.75, 3.05) is 0 Å². The van der Waals surface area contributed by atoms with Crippen molar-refractivity contribution in [2.24, 2.45) is 0 Å². The van der Waals surface area contributed by atoms with Crippen LogP contribution in [-0.4, -0.2) is 15.3 Å². The van der Waals surface area contributed by atoms with Gasteiger partial charge in [-0.15, -0.1) is 0 Å². The van der Waals surface area contributed by atoms with Crippen molar-refractivity contribution in [3.8, 4) is 0 Å². The van der Waals surface area contributed by atoms with Crippen molar-refractivity contribution in [3.63, 3.8) is 0 Å². The molecule has 2 aromatic rings. The van der Waals surface area contributed by atoms with Crippen LogP contribution in [0.25, 0.3) is 0 Å². The van der Waals surface area contributed by atoms with E-state index in [0.717, 1.165) is 13.0 Å². The minimum atomic E-state index is -0.207. The van der Waals surface area contributed by atoms with Crippen LogP contribution in [0.4, 0.5) is 0 Å². The molecular formula is C13H12Cl2N2O. The highest BCUT2D eigenvalue weighted by molar-refractivity contribution is 6.44. The number of hydrogen-bond acceptors (Lipinski definition) is 2. The van der Waals surface area contributed by atoms with Gasteiger partial charge in [0.05, 0.1) is 10.0 Å². The fraction of sp³-hybridized carbons (Fsp3) is 0.231. The van der Waals surface area contributed by atoms with Crippen molar-refractivity contribution in [2.45, 2.75) is 19.9 Å². The van der Waals surface area contributed by atoms with Gasteiger partial charge in [-0.1, -0.05) is 36.2 Å². The molecule has 0 unspecified atom stereocenters. The van der Waals surface area contributed by atoms with Crippen LogP contribution in [0.1, 0.15) is 29.5 Å². The molecule has 3 nitrogen and oxygen atoms in total. The zero-order chi connectivity index (χ0) is 13.1. The number of aromatic nitrogens is 2. The number of imidazole rings is 1. The fourth-order valence-corrected chi connectivity index (χ4v) is 2.13. The first-order valence-electron chi connectivity index (χ1n) is 5.65. The van der Waals surface area contributed by atoms with Gasteiger partial charge in [0, 0.05) is 24.5 Å². The number of carbonyl (C=O) groups is 1. The molecule has 1 aromatic heterocycles. The summed E-state index contributed by atoms with van der Waals surface area (Å²) in [5, 5.41) is 0.645. The average Bonchev–Trinajstić information content (AvgIpc) is 2.80. The topological polar surface area (TPSA) is 34.9 Å². The Bertz CT molecular complexity index is 578. The fourth-order valence-electron chi connectivity index (χ4n) is 1.74. The van der Waals surface area contributed by atoms with Crippen LogP contribution in [0.2, 0.25) is 10.0 Å². The van der Waals surface area contributed by atoms with E-state index in [9.17, 15) is 4.79 Å². The van der Waals surface area contributed by atoms with Crippen molar-refractivity contribution >= 4 is 29.0 Å². The first-order valence-corrected chi connectivity index (χ1v) is 6.40. The Kier molecular flexibility index (Phi) is 4.04. The molecule has 1 aromatic carbocycles. The molecule has 0 spiro atoms. The summed E-state index contributed by atoms with van der Waals surface area (Å²) < 4.78 is 1.82. The number of aryl methyl sites for hydroxylation is 1. The van der Waals surface area contributed by atoms with E-state index < -0.39 is 0 Å². The number of hydrogen-bond donors (Lipinski definition) is 0. The minimum Gasteiger partial charge on any atom is -0.328 e. The number of carbonyl (C=O) groups excluding carboxylic acids is 1. The second kappa shape index (κ2) is 5.55. The van der Waals surface area contributed by atoms with Gasteiger partial charge in [-0.3, -0.25) is 4.79 Å². The number of ketones is 1. The molecule has 0 amide bonds. The minimum absolute atomic E-state index is 0.207. The molecule has 94 valence electrons. The Hall–Kier alpha value is -1.32. The van der Waals surface area contributed by atoms with Gasteiger partial charge in [-0.05, 0) is 18.6 Å². The highest BCUT2D eigenvalue weighted by Crippen LogP contribution is 2.27. The third-order valence-corrected chi connectivity index (χ3v) is 3.40. The number of halogens is 2. The summed E-state index contributed by atoms with van der Waals surface area (Å²) in [6, 6.07) is 5.01. The molecule has 0 aliphatic heterocycles. The largest absolute Gasteiger partial charge is 0.328 e. The highest BCUT2D eigenvalue weighted by Gasteiger charge is 2.18. The maximum Gasteiger partial charge on any atom is 0.229 e. The molecule has 0 fully saturated rings. The van der Waals surface area contributed by atoms with Gasteiger partial charge in [0.25, 0.3) is 0 Å². The van der Waals surface area contributed by atoms with Gasteiger partial charge in [0.15, 0.2) is 5.82 Å². The van der Waals surface area contributed by atoms with E-state index in [4.69, 9.17) is 23.2 Å². The summed E-state index contributed by atoms with van der Waals surface area (Å²) in [5.74, 6) is 0.182. The van der Waals surface area contributed by atoms with E-state index in [0.29, 0.717) is 16.4 Å². The first-order chi connectivity index (χ1) is 8.65. The van der Waals surface area contributed by atoms with Crippen molar-refractivity contribution < 1.29 is 4.79 Å². The van der Waals surface area contributed by atoms with Crippen LogP contribution in [0, 0.1) is 0 Å². The number of benzene rings is 1. The molecular weight excluding hydrogens is 271 g/mol. The molecule has 18 heavy (non-hydrogen) atoms. The Morgan fingerprint density at radius 3 is 2.89 bits per heavy atom. The Morgan fingerprint density at radius 1 is 1.39 bits per heavy atom. The van der Waals surface area contributed by atoms with Crippen LogP contribution >= 0.6 is 23.2 Å². The molecule has 0 bridgehead atoms. The lowest BCUT2D eigenvalue weighted by Gasteiger charge is -2.07. The molecule has 0 N–H and O–H groups in total. The van der Waals surface area contributed by atoms with Gasteiger partial charge >= 0.3 is 0 Å². The summed E-state index contributed by atoms with van der Waals surface area (Å²) in [6.45, 7) is 2.79. The predicted octanol–water partition coefficient (Wildman–Crippen LogP) is 3.83. The third-order valence-electron chi connectivity index (χ3n) is 2.58. The standard InChI is InChI=1S/C13H12Cl2N2O/c1-2-7-17-8-6-16-13(17)12(18)9-4-3-5-10(14)11(9)15/h3-6,8H,2,7H2,1H3. The number of rotatable bonds is 4. The summed E-state index contributed by atoms with van der Waals surface area (Å²) in [4.78, 5) is 16.4. The van der Waals surface area contributed by atoms with E-state index in [1.54, 1.807) is 30.6 Å². The molecule has 5 heteroatoms. The van der Waals surface area contributed by atoms with Crippen LogP contribution in [-0.2, 0) is 6.54 Å². The van der Waals surface area contributed by atoms with Crippen molar-refractivity contribution in [1.29, 1.82) is 0 Å². The monoisotopic (exact) mass is 282 g/mol. The predicted molar refractivity (Wildman–Crippen MR) is 72.4 cm³/mol. The van der Waals surface area contributed by atoms with Crippen LogP contribution in [0.5, 0.6) is 0 Å². The average molecular weight is 283 g/mol. The van der Waals surface area contributed by atoms with E-state index in [1.807, 2.05) is 11.5 Å². The quantitative estimate of drug-likeness (QED) is 0.799. The smallest absolute Gasteiger partial charge is 0.229 e. The van der Waals surface area contributed by atoms with E-state index in [-0.39, 0.29) is 10.8 Å². The lowest BCUT2D eigenvalue weighted by atomic mass is 10.1. The van der Waals surface area contributed by atoms with Crippen LogP contribution < -0.4 is 0 Å². The Balaban J connectivity index is 2.42. The van der Waals surface area contributed by atoms with Crippen molar-refractivity contribution in [3.05, 3.63) is 52.0 Å². The number of nitrogens with zero attached hydrogens (tertiary/aromatic N) is 2. The molecule has 0 aliphatic rings. The summed E-state index contributed by atoms with van der Waals surface area (Å²) in [6.07, 6.45) is 4.33. The van der Waals surface area contributed by atoms with Crippen molar-refractivity contribution in [1.82, 2.24) is 9.55 Å². The Labute approximate surface area is 115 Å². The van der Waals surface area contributed by atoms with Gasteiger partial charge in [-0.25, -0.2) is 4.98 Å². The maximum absolute atomic E-state index is 12.3. The second-order valence-electron chi connectivity index (χ2n) is 3.87. The van der Waals surface area contributed by atoms with E-state index in [2.05, 4.69) is 4.98 Å². The summed E-state index contributed by atoms with van der Waals surface area (Å²) in [5.41, 5.74) is 0.382. The molecule has 0 aliphatic carbocycles. The third kappa shape index (κ3) is 2.42. The molecule has 0 saturated carbocycles. The van der Waals surface area contributed by atoms with Gasteiger partial charge in [0.2, 0.25) is 5.78 Å². The first kappa shape index (κ1) is 13.1.